The van der Waals surface area contributed by atoms with Gasteiger partial charge in [-0.3, -0.25) is 0 Å². The summed E-state index contributed by atoms with van der Waals surface area (Å²) in [6, 6.07) is 0. The molecule has 0 bridgehead atoms. The van der Waals surface area contributed by atoms with Crippen LogP contribution in [0.5, 0.6) is 0 Å². The van der Waals surface area contributed by atoms with E-state index in [2.05, 4.69) is 20.8 Å². The van der Waals surface area contributed by atoms with Crippen molar-refractivity contribution >= 4 is 0 Å². The van der Waals surface area contributed by atoms with Gasteiger partial charge in [-0.15, -0.1) is 0 Å². The molecule has 4 unspecified atom stereocenters. The predicted molar refractivity (Wildman–Crippen MR) is 48.4 cm³/mol. The Morgan fingerprint density at radius 2 is 2.27 bits per heavy atom. The van der Waals surface area contributed by atoms with Gasteiger partial charge >= 0.3 is 0 Å². The second-order valence-electron chi connectivity index (χ2n) is 4.87. The van der Waals surface area contributed by atoms with Crippen LogP contribution in [-0.4, -0.2) is 0 Å². The van der Waals surface area contributed by atoms with Gasteiger partial charge in [0.2, 0.25) is 0 Å². The monoisotopic (exact) mass is 152 g/mol. The van der Waals surface area contributed by atoms with Gasteiger partial charge < -0.3 is 0 Å². The Kier molecular flexibility index (Phi) is 1.56. The molecule has 0 nitrogen and oxygen atoms in total. The number of hydrogen-bond acceptors (Lipinski definition) is 0. The van der Waals surface area contributed by atoms with Crippen molar-refractivity contribution in [3.63, 3.8) is 0 Å². The molecule has 0 saturated heterocycles. The van der Waals surface area contributed by atoms with Crippen molar-refractivity contribution in [1.29, 1.82) is 0 Å². The molecule has 0 aliphatic heterocycles. The molecule has 0 spiro atoms. The smallest absolute Gasteiger partial charge is 0.0238 e. The Bertz CT molecular complexity index is 155. The van der Waals surface area contributed by atoms with Crippen molar-refractivity contribution in [3.8, 4) is 0 Å². The first-order chi connectivity index (χ1) is 5.20. The topological polar surface area (TPSA) is 0 Å². The van der Waals surface area contributed by atoms with Crippen LogP contribution < -0.4 is 0 Å². The van der Waals surface area contributed by atoms with Gasteiger partial charge in [0.05, 0.1) is 0 Å². The van der Waals surface area contributed by atoms with Crippen molar-refractivity contribution in [3.05, 3.63) is 0 Å². The number of hydrogen-bond donors (Lipinski definition) is 0. The van der Waals surface area contributed by atoms with E-state index in [-0.39, 0.29) is 0 Å². The maximum atomic E-state index is 2.46. The largest absolute Gasteiger partial charge is 0.0651 e. The highest BCUT2D eigenvalue weighted by molar-refractivity contribution is 5.08. The average molecular weight is 152 g/mol. The third-order valence-electron chi connectivity index (χ3n) is 4.64. The van der Waals surface area contributed by atoms with Crippen LogP contribution in [-0.2, 0) is 0 Å². The van der Waals surface area contributed by atoms with Crippen LogP contribution >= 0.6 is 0 Å². The molecule has 11 heavy (non-hydrogen) atoms. The number of fused-ring (bicyclic) bond motifs is 1. The molecule has 0 aromatic rings. The van der Waals surface area contributed by atoms with Gasteiger partial charge in [0.25, 0.3) is 0 Å². The lowest BCUT2D eigenvalue weighted by Gasteiger charge is -2.66. The van der Waals surface area contributed by atoms with Gasteiger partial charge in [-0.2, -0.15) is 0 Å². The molecule has 0 amide bonds. The van der Waals surface area contributed by atoms with Gasteiger partial charge in [0, 0.05) is 0 Å². The molecule has 2 fully saturated rings. The fourth-order valence-corrected chi connectivity index (χ4v) is 3.59. The van der Waals surface area contributed by atoms with Gasteiger partial charge in [0.15, 0.2) is 0 Å². The third kappa shape index (κ3) is 0.761. The Morgan fingerprint density at radius 1 is 1.55 bits per heavy atom. The highest BCUT2D eigenvalue weighted by Crippen LogP contribution is 2.68. The normalized spacial score (nSPS) is 50.5. The minimum Gasteiger partial charge on any atom is -0.0651 e. The molecule has 2 aliphatic rings. The maximum absolute atomic E-state index is 2.46. The molecule has 0 heterocycles. The van der Waals surface area contributed by atoms with Crippen LogP contribution in [0.15, 0.2) is 0 Å². The van der Waals surface area contributed by atoms with Gasteiger partial charge in [-0.05, 0) is 42.4 Å². The fraction of sp³-hybridized carbons (Fsp3) is 1.00. The summed E-state index contributed by atoms with van der Waals surface area (Å²) in [7, 11) is 0. The van der Waals surface area contributed by atoms with Gasteiger partial charge in [-0.1, -0.05) is 27.2 Å². The van der Waals surface area contributed by atoms with Crippen molar-refractivity contribution in [2.75, 3.05) is 0 Å². The molecule has 64 valence electrons. The van der Waals surface area contributed by atoms with E-state index < -0.39 is 0 Å². The van der Waals surface area contributed by atoms with E-state index in [1.807, 2.05) is 0 Å². The van der Waals surface area contributed by atoms with Crippen LogP contribution in [0, 0.1) is 23.2 Å². The summed E-state index contributed by atoms with van der Waals surface area (Å²) in [5.74, 6) is 3.17. The van der Waals surface area contributed by atoms with E-state index in [4.69, 9.17) is 0 Å². The summed E-state index contributed by atoms with van der Waals surface area (Å²) < 4.78 is 0. The van der Waals surface area contributed by atoms with Crippen LogP contribution in [0.3, 0.4) is 0 Å². The van der Waals surface area contributed by atoms with Crippen molar-refractivity contribution in [1.82, 2.24) is 0 Å². The van der Waals surface area contributed by atoms with E-state index in [0.717, 1.165) is 23.2 Å². The zero-order valence-electron chi connectivity index (χ0n) is 8.06. The van der Waals surface area contributed by atoms with Crippen molar-refractivity contribution < 1.29 is 0 Å². The first-order valence-corrected chi connectivity index (χ1v) is 5.20. The Morgan fingerprint density at radius 3 is 2.55 bits per heavy atom. The summed E-state index contributed by atoms with van der Waals surface area (Å²) >= 11 is 0. The van der Waals surface area contributed by atoms with E-state index >= 15 is 0 Å². The molecular weight excluding hydrogens is 132 g/mol. The zero-order valence-corrected chi connectivity index (χ0v) is 8.06. The molecule has 0 heteroatoms. The SMILES string of the molecule is CCC(C)C12CCC1C(C)C2. The van der Waals surface area contributed by atoms with Crippen LogP contribution in [0.2, 0.25) is 0 Å². The molecule has 0 N–H and O–H groups in total. The lowest BCUT2D eigenvalue weighted by atomic mass is 9.39. The summed E-state index contributed by atoms with van der Waals surface area (Å²) in [6.07, 6.45) is 6.00. The Labute approximate surface area is 70.4 Å². The second-order valence-corrected chi connectivity index (χ2v) is 4.87. The molecule has 4 atom stereocenters. The lowest BCUT2D eigenvalue weighted by molar-refractivity contribution is -0.163. The summed E-state index contributed by atoms with van der Waals surface area (Å²) in [5.41, 5.74) is 0.841. The molecule has 0 aromatic carbocycles. The lowest BCUT2D eigenvalue weighted by Crippen LogP contribution is -2.57. The maximum Gasteiger partial charge on any atom is -0.0238 e. The molecule has 2 saturated carbocycles. The quantitative estimate of drug-likeness (QED) is 0.568. The van der Waals surface area contributed by atoms with E-state index in [0.29, 0.717) is 0 Å². The third-order valence-corrected chi connectivity index (χ3v) is 4.64. The fourth-order valence-electron chi connectivity index (χ4n) is 3.59. The first kappa shape index (κ1) is 7.64. The van der Waals surface area contributed by atoms with Crippen LogP contribution in [0.4, 0.5) is 0 Å². The number of rotatable bonds is 2. The molecule has 0 aromatic heterocycles. The average Bonchev–Trinajstić information content (AvgIpc) is 1.97. The molecular formula is C11H20. The summed E-state index contributed by atoms with van der Waals surface area (Å²) in [5, 5.41) is 0. The predicted octanol–water partition coefficient (Wildman–Crippen LogP) is 3.47. The molecule has 2 rings (SSSR count). The standard InChI is InChI=1S/C11H20/c1-4-9(3)11-6-5-10(11)8(2)7-11/h8-10H,4-7H2,1-3H3. The molecule has 2 aliphatic carbocycles. The van der Waals surface area contributed by atoms with Gasteiger partial charge in [-0.25, -0.2) is 0 Å². The minimum atomic E-state index is 0.841. The minimum absolute atomic E-state index is 0.841. The van der Waals surface area contributed by atoms with Crippen molar-refractivity contribution in [2.24, 2.45) is 23.2 Å². The Balaban J connectivity index is 2.03. The van der Waals surface area contributed by atoms with E-state index in [1.54, 1.807) is 0 Å². The first-order valence-electron chi connectivity index (χ1n) is 5.20. The summed E-state index contributed by atoms with van der Waals surface area (Å²) in [6.45, 7) is 7.24. The second kappa shape index (κ2) is 2.24. The zero-order chi connectivity index (χ0) is 8.06. The van der Waals surface area contributed by atoms with Crippen LogP contribution in [0.1, 0.15) is 46.5 Å². The van der Waals surface area contributed by atoms with E-state index in [1.165, 1.54) is 25.7 Å². The summed E-state index contributed by atoms with van der Waals surface area (Å²) in [4.78, 5) is 0. The van der Waals surface area contributed by atoms with Crippen molar-refractivity contribution in [2.45, 2.75) is 46.5 Å². The molecule has 0 radical (unpaired) electrons. The Hall–Kier alpha value is 0. The highest BCUT2D eigenvalue weighted by Gasteiger charge is 2.59. The van der Waals surface area contributed by atoms with Gasteiger partial charge in [0.1, 0.15) is 0 Å². The van der Waals surface area contributed by atoms with E-state index in [9.17, 15) is 0 Å². The highest BCUT2D eigenvalue weighted by atomic mass is 14.6. The van der Waals surface area contributed by atoms with Crippen LogP contribution in [0.25, 0.3) is 0 Å².